The van der Waals surface area contributed by atoms with Gasteiger partial charge in [0.25, 0.3) is 0 Å². The molecule has 1 heterocycles. The number of thiazole rings is 1. The number of hydrogen-bond acceptors (Lipinski definition) is 3. The molecule has 0 bridgehead atoms. The second-order valence-electron chi connectivity index (χ2n) is 6.21. The average molecular weight is 456 g/mol. The highest BCUT2D eigenvalue weighted by atomic mass is 127. The molecule has 0 saturated heterocycles. The van der Waals surface area contributed by atoms with Crippen molar-refractivity contribution in [2.75, 3.05) is 14.1 Å². The standard InChI is InChI=1S/C18H24N4S.HI/c1-12-7-5-6-8-15(12)16-9-17(16)21-18(19-3)22(4)10-14-11-23-13(2)20-14;/h5-8,11,16-17H,9-10H2,1-4H3,(H,19,21);1H. The predicted molar refractivity (Wildman–Crippen MR) is 113 cm³/mol. The number of rotatable bonds is 4. The molecule has 1 fully saturated rings. The maximum absolute atomic E-state index is 4.53. The summed E-state index contributed by atoms with van der Waals surface area (Å²) in [5.41, 5.74) is 3.94. The van der Waals surface area contributed by atoms with Crippen molar-refractivity contribution in [3.8, 4) is 0 Å². The van der Waals surface area contributed by atoms with Crippen molar-refractivity contribution in [3.05, 3.63) is 51.5 Å². The van der Waals surface area contributed by atoms with E-state index in [1.54, 1.807) is 11.3 Å². The van der Waals surface area contributed by atoms with Gasteiger partial charge < -0.3 is 10.2 Å². The molecule has 1 aromatic carbocycles. The second kappa shape index (κ2) is 8.29. The molecule has 0 aliphatic heterocycles. The Morgan fingerprint density at radius 1 is 1.38 bits per heavy atom. The lowest BCUT2D eigenvalue weighted by atomic mass is 10.0. The van der Waals surface area contributed by atoms with Crippen LogP contribution in [-0.4, -0.2) is 36.0 Å². The molecular weight excluding hydrogens is 431 g/mol. The molecule has 1 N–H and O–H groups in total. The summed E-state index contributed by atoms with van der Waals surface area (Å²) in [5.74, 6) is 1.54. The van der Waals surface area contributed by atoms with Gasteiger partial charge in [-0.25, -0.2) is 4.98 Å². The summed E-state index contributed by atoms with van der Waals surface area (Å²) in [6, 6.07) is 9.15. The Bertz CT molecular complexity index is 713. The Morgan fingerprint density at radius 3 is 2.75 bits per heavy atom. The number of guanidine groups is 1. The van der Waals surface area contributed by atoms with E-state index >= 15 is 0 Å². The van der Waals surface area contributed by atoms with Gasteiger partial charge in [0.2, 0.25) is 0 Å². The van der Waals surface area contributed by atoms with E-state index in [1.807, 2.05) is 14.0 Å². The predicted octanol–water partition coefficient (Wildman–Crippen LogP) is 3.94. The Kier molecular flexibility index (Phi) is 6.62. The van der Waals surface area contributed by atoms with Crippen molar-refractivity contribution in [2.45, 2.75) is 38.8 Å². The molecule has 2 unspecified atom stereocenters. The van der Waals surface area contributed by atoms with Crippen molar-refractivity contribution < 1.29 is 0 Å². The van der Waals surface area contributed by atoms with Crippen LogP contribution in [0.1, 0.15) is 34.2 Å². The van der Waals surface area contributed by atoms with Crippen LogP contribution in [0.3, 0.4) is 0 Å². The fraction of sp³-hybridized carbons (Fsp3) is 0.444. The Labute approximate surface area is 165 Å². The van der Waals surface area contributed by atoms with E-state index in [4.69, 9.17) is 0 Å². The highest BCUT2D eigenvalue weighted by Gasteiger charge is 2.40. The SMILES string of the molecule is CN=C(NC1CC1c1ccccc1C)N(C)Cc1csc(C)n1.I. The lowest BCUT2D eigenvalue weighted by Crippen LogP contribution is -2.40. The van der Waals surface area contributed by atoms with Gasteiger partial charge in [0.1, 0.15) is 0 Å². The highest BCUT2D eigenvalue weighted by molar-refractivity contribution is 14.0. The van der Waals surface area contributed by atoms with E-state index in [2.05, 4.69) is 63.8 Å². The van der Waals surface area contributed by atoms with E-state index in [-0.39, 0.29) is 24.0 Å². The van der Waals surface area contributed by atoms with Gasteiger partial charge in [0.15, 0.2) is 5.96 Å². The number of nitrogens with one attached hydrogen (secondary N) is 1. The van der Waals surface area contributed by atoms with Crippen LogP contribution >= 0.6 is 35.3 Å². The number of nitrogens with zero attached hydrogens (tertiary/aromatic N) is 3. The molecule has 1 aromatic heterocycles. The minimum absolute atomic E-state index is 0. The first-order valence-electron chi connectivity index (χ1n) is 7.99. The number of aliphatic imine (C=N–C) groups is 1. The maximum atomic E-state index is 4.53. The van der Waals surface area contributed by atoms with Crippen LogP contribution in [0, 0.1) is 13.8 Å². The molecule has 130 valence electrons. The topological polar surface area (TPSA) is 40.5 Å². The number of hydrogen-bond donors (Lipinski definition) is 1. The zero-order chi connectivity index (χ0) is 16.4. The third kappa shape index (κ3) is 4.47. The molecule has 0 radical (unpaired) electrons. The van der Waals surface area contributed by atoms with Crippen molar-refractivity contribution >= 4 is 41.3 Å². The number of aryl methyl sites for hydroxylation is 2. The van der Waals surface area contributed by atoms with Crippen LogP contribution in [-0.2, 0) is 6.54 Å². The molecule has 0 spiro atoms. The second-order valence-corrected chi connectivity index (χ2v) is 7.27. The summed E-state index contributed by atoms with van der Waals surface area (Å²) >= 11 is 1.69. The van der Waals surface area contributed by atoms with Crippen LogP contribution in [0.5, 0.6) is 0 Å². The summed E-state index contributed by atoms with van der Waals surface area (Å²) in [4.78, 5) is 11.1. The van der Waals surface area contributed by atoms with E-state index in [0.717, 1.165) is 23.2 Å². The third-order valence-corrected chi connectivity index (χ3v) is 5.15. The molecule has 4 nitrogen and oxygen atoms in total. The zero-order valence-electron chi connectivity index (χ0n) is 14.6. The number of aromatic nitrogens is 1. The van der Waals surface area contributed by atoms with E-state index in [0.29, 0.717) is 12.0 Å². The largest absolute Gasteiger partial charge is 0.353 e. The maximum Gasteiger partial charge on any atom is 0.193 e. The quantitative estimate of drug-likeness (QED) is 0.431. The third-order valence-electron chi connectivity index (χ3n) is 4.33. The lowest BCUT2D eigenvalue weighted by molar-refractivity contribution is 0.469. The minimum Gasteiger partial charge on any atom is -0.353 e. The Morgan fingerprint density at radius 2 is 2.12 bits per heavy atom. The first kappa shape index (κ1) is 19.2. The van der Waals surface area contributed by atoms with E-state index < -0.39 is 0 Å². The van der Waals surface area contributed by atoms with Crippen LogP contribution in [0.2, 0.25) is 0 Å². The van der Waals surface area contributed by atoms with Crippen molar-refractivity contribution in [2.24, 2.45) is 4.99 Å². The monoisotopic (exact) mass is 456 g/mol. The van der Waals surface area contributed by atoms with Gasteiger partial charge >= 0.3 is 0 Å². The molecule has 6 heteroatoms. The molecule has 2 aromatic rings. The van der Waals surface area contributed by atoms with Gasteiger partial charge in [-0.15, -0.1) is 35.3 Å². The van der Waals surface area contributed by atoms with Crippen LogP contribution in [0.25, 0.3) is 0 Å². The van der Waals surface area contributed by atoms with Crippen LogP contribution in [0.4, 0.5) is 0 Å². The number of halogens is 1. The Hall–Kier alpha value is -1.15. The zero-order valence-corrected chi connectivity index (χ0v) is 17.8. The summed E-state index contributed by atoms with van der Waals surface area (Å²) < 4.78 is 0. The van der Waals surface area contributed by atoms with Gasteiger partial charge in [0.05, 0.1) is 17.2 Å². The van der Waals surface area contributed by atoms with Gasteiger partial charge in [-0.1, -0.05) is 24.3 Å². The smallest absolute Gasteiger partial charge is 0.193 e. The minimum atomic E-state index is 0. The fourth-order valence-electron chi connectivity index (χ4n) is 3.01. The Balaban J connectivity index is 0.00000208. The van der Waals surface area contributed by atoms with Crippen molar-refractivity contribution in [1.82, 2.24) is 15.2 Å². The molecule has 2 atom stereocenters. The summed E-state index contributed by atoms with van der Waals surface area (Å²) in [6.45, 7) is 5.01. The van der Waals surface area contributed by atoms with Gasteiger partial charge in [0, 0.05) is 31.4 Å². The normalized spacial score (nSPS) is 19.6. The summed E-state index contributed by atoms with van der Waals surface area (Å²) in [7, 11) is 3.91. The van der Waals surface area contributed by atoms with Crippen molar-refractivity contribution in [3.63, 3.8) is 0 Å². The summed E-state index contributed by atoms with van der Waals surface area (Å²) in [6.07, 6.45) is 1.17. The first-order valence-corrected chi connectivity index (χ1v) is 8.87. The highest BCUT2D eigenvalue weighted by Crippen LogP contribution is 2.42. The average Bonchev–Trinajstić information content (AvgIpc) is 3.18. The van der Waals surface area contributed by atoms with E-state index in [1.165, 1.54) is 17.5 Å². The van der Waals surface area contributed by atoms with Gasteiger partial charge in [-0.05, 0) is 31.4 Å². The molecular formula is C18H25IN4S. The first-order chi connectivity index (χ1) is 11.1. The molecule has 0 amide bonds. The van der Waals surface area contributed by atoms with Gasteiger partial charge in [-0.3, -0.25) is 4.99 Å². The van der Waals surface area contributed by atoms with Crippen LogP contribution < -0.4 is 5.32 Å². The fourth-order valence-corrected chi connectivity index (χ4v) is 3.61. The molecule has 24 heavy (non-hydrogen) atoms. The summed E-state index contributed by atoms with van der Waals surface area (Å²) in [5, 5.41) is 6.82. The van der Waals surface area contributed by atoms with E-state index in [9.17, 15) is 0 Å². The number of benzene rings is 1. The van der Waals surface area contributed by atoms with Gasteiger partial charge in [-0.2, -0.15) is 0 Å². The van der Waals surface area contributed by atoms with Crippen LogP contribution in [0.15, 0.2) is 34.6 Å². The molecule has 1 aliphatic carbocycles. The van der Waals surface area contributed by atoms with Crippen molar-refractivity contribution in [1.29, 1.82) is 0 Å². The molecule has 1 aliphatic rings. The molecule has 3 rings (SSSR count). The molecule has 1 saturated carbocycles. The lowest BCUT2D eigenvalue weighted by Gasteiger charge is -2.21.